The second kappa shape index (κ2) is 9.09. The fourth-order valence-corrected chi connectivity index (χ4v) is 3.06. The molecule has 2 N–H and O–H groups in total. The third-order valence-electron chi connectivity index (χ3n) is 4.57. The fraction of sp³-hybridized carbons (Fsp3) is 0.476. The highest BCUT2D eigenvalue weighted by atomic mass is 16.6. The van der Waals surface area contributed by atoms with Gasteiger partial charge < -0.3 is 25.0 Å². The molecule has 0 radical (unpaired) electrons. The summed E-state index contributed by atoms with van der Waals surface area (Å²) in [5.41, 5.74) is 0.360. The van der Waals surface area contributed by atoms with Crippen LogP contribution in [0.15, 0.2) is 42.7 Å². The van der Waals surface area contributed by atoms with Gasteiger partial charge in [0.05, 0.1) is 6.10 Å². The Morgan fingerprint density at radius 2 is 1.86 bits per heavy atom. The lowest BCUT2D eigenvalue weighted by Crippen LogP contribution is -2.50. The molecule has 1 aliphatic rings. The average molecular weight is 399 g/mol. The minimum absolute atomic E-state index is 0.280. The van der Waals surface area contributed by atoms with E-state index in [-0.39, 0.29) is 6.09 Å². The van der Waals surface area contributed by atoms with E-state index in [1.165, 1.54) is 6.33 Å². The summed E-state index contributed by atoms with van der Waals surface area (Å²) in [6.07, 6.45) is 0.608. The Balaban J connectivity index is 1.53. The van der Waals surface area contributed by atoms with E-state index in [1.54, 1.807) is 4.90 Å². The summed E-state index contributed by atoms with van der Waals surface area (Å²) in [6.45, 7) is 8.45. The minimum Gasteiger partial charge on any atom is -0.444 e. The minimum atomic E-state index is -0.619. The smallest absolute Gasteiger partial charge is 0.410 e. The van der Waals surface area contributed by atoms with Gasteiger partial charge in [0, 0.05) is 38.8 Å². The average Bonchev–Trinajstić information content (AvgIpc) is 2.72. The molecule has 0 spiro atoms. The van der Waals surface area contributed by atoms with Crippen molar-refractivity contribution in [2.24, 2.45) is 0 Å². The van der Waals surface area contributed by atoms with Crippen molar-refractivity contribution in [3.63, 3.8) is 0 Å². The number of piperazine rings is 1. The molecule has 1 amide bonds. The number of nitrogens with one attached hydrogen (secondary N) is 1. The van der Waals surface area contributed by atoms with Gasteiger partial charge in [-0.3, -0.25) is 0 Å². The van der Waals surface area contributed by atoms with Crippen molar-refractivity contribution in [3.8, 4) is 0 Å². The van der Waals surface area contributed by atoms with Gasteiger partial charge in [0.1, 0.15) is 23.6 Å². The van der Waals surface area contributed by atoms with Crippen molar-refractivity contribution in [1.29, 1.82) is 0 Å². The lowest BCUT2D eigenvalue weighted by atomic mass is 10.1. The van der Waals surface area contributed by atoms with E-state index in [9.17, 15) is 9.90 Å². The monoisotopic (exact) mass is 399 g/mol. The summed E-state index contributed by atoms with van der Waals surface area (Å²) in [4.78, 5) is 24.6. The lowest BCUT2D eigenvalue weighted by Gasteiger charge is -2.36. The predicted octanol–water partition coefficient (Wildman–Crippen LogP) is 2.68. The summed E-state index contributed by atoms with van der Waals surface area (Å²) < 4.78 is 5.44. The number of aliphatic hydroxyl groups excluding tert-OH is 1. The van der Waals surface area contributed by atoms with Crippen LogP contribution in [0.4, 0.5) is 16.4 Å². The normalized spacial score (nSPS) is 15.7. The summed E-state index contributed by atoms with van der Waals surface area (Å²) in [5.74, 6) is 1.44. The van der Waals surface area contributed by atoms with E-state index in [4.69, 9.17) is 4.74 Å². The van der Waals surface area contributed by atoms with Gasteiger partial charge in [0.25, 0.3) is 0 Å². The van der Waals surface area contributed by atoms with Gasteiger partial charge in [-0.1, -0.05) is 30.3 Å². The molecular weight excluding hydrogens is 370 g/mol. The fourth-order valence-electron chi connectivity index (χ4n) is 3.06. The van der Waals surface area contributed by atoms with Gasteiger partial charge in [-0.05, 0) is 26.3 Å². The molecule has 1 unspecified atom stereocenters. The highest BCUT2D eigenvalue weighted by Crippen LogP contribution is 2.19. The van der Waals surface area contributed by atoms with E-state index in [0.717, 1.165) is 11.4 Å². The third-order valence-corrected chi connectivity index (χ3v) is 4.57. The maximum absolute atomic E-state index is 12.2. The van der Waals surface area contributed by atoms with Crippen molar-refractivity contribution in [2.75, 3.05) is 42.9 Å². The first-order valence-corrected chi connectivity index (χ1v) is 9.83. The summed E-state index contributed by atoms with van der Waals surface area (Å²) >= 11 is 0. The Hall–Kier alpha value is -2.87. The van der Waals surface area contributed by atoms with Gasteiger partial charge in [0.15, 0.2) is 0 Å². The number of amides is 1. The molecular formula is C21H29N5O3. The van der Waals surface area contributed by atoms with Crippen LogP contribution in [0.3, 0.4) is 0 Å². The molecule has 8 nitrogen and oxygen atoms in total. The molecule has 3 rings (SSSR count). The standard InChI is InChI=1S/C21H29N5O3/c1-21(2,3)29-20(28)26-11-9-25(10-12-26)19-13-18(23-15-24-19)22-14-17(27)16-7-5-4-6-8-16/h4-8,13,15,17,27H,9-12,14H2,1-3H3,(H,22,23,24). The Morgan fingerprint density at radius 1 is 1.17 bits per heavy atom. The largest absolute Gasteiger partial charge is 0.444 e. The van der Waals surface area contributed by atoms with Gasteiger partial charge >= 0.3 is 6.09 Å². The first kappa shape index (κ1) is 20.9. The van der Waals surface area contributed by atoms with Crippen LogP contribution in [0.25, 0.3) is 0 Å². The molecule has 0 aliphatic carbocycles. The number of aromatic nitrogens is 2. The highest BCUT2D eigenvalue weighted by Gasteiger charge is 2.26. The molecule has 1 aliphatic heterocycles. The van der Waals surface area contributed by atoms with Crippen LogP contribution in [0, 0.1) is 0 Å². The second-order valence-electron chi connectivity index (χ2n) is 8.02. The van der Waals surface area contributed by atoms with Crippen LogP contribution in [0.5, 0.6) is 0 Å². The zero-order valence-electron chi connectivity index (χ0n) is 17.2. The maximum Gasteiger partial charge on any atom is 0.410 e. The number of rotatable bonds is 5. The number of anilines is 2. The predicted molar refractivity (Wildman–Crippen MR) is 112 cm³/mol. The van der Waals surface area contributed by atoms with Gasteiger partial charge in [0.2, 0.25) is 0 Å². The van der Waals surface area contributed by atoms with Crippen LogP contribution in [0.2, 0.25) is 0 Å². The van der Waals surface area contributed by atoms with E-state index in [1.807, 2.05) is 57.2 Å². The molecule has 2 heterocycles. The molecule has 156 valence electrons. The first-order valence-electron chi connectivity index (χ1n) is 9.83. The number of hydrogen-bond acceptors (Lipinski definition) is 7. The van der Waals surface area contributed by atoms with Gasteiger partial charge in [-0.2, -0.15) is 0 Å². The van der Waals surface area contributed by atoms with Crippen LogP contribution in [-0.4, -0.2) is 64.4 Å². The topological polar surface area (TPSA) is 90.8 Å². The van der Waals surface area contributed by atoms with Gasteiger partial charge in [-0.15, -0.1) is 0 Å². The summed E-state index contributed by atoms with van der Waals surface area (Å²) in [6, 6.07) is 11.4. The summed E-state index contributed by atoms with van der Waals surface area (Å²) in [5, 5.41) is 13.5. The molecule has 29 heavy (non-hydrogen) atoms. The number of carbonyl (C=O) groups is 1. The van der Waals surface area contributed by atoms with Crippen molar-refractivity contribution >= 4 is 17.7 Å². The zero-order valence-corrected chi connectivity index (χ0v) is 17.2. The number of hydrogen-bond donors (Lipinski definition) is 2. The molecule has 0 saturated carbocycles. The summed E-state index contributed by atoms with van der Waals surface area (Å²) in [7, 11) is 0. The number of benzene rings is 1. The molecule has 1 saturated heterocycles. The number of ether oxygens (including phenoxy) is 1. The van der Waals surface area contributed by atoms with E-state index >= 15 is 0 Å². The lowest BCUT2D eigenvalue weighted by molar-refractivity contribution is 0.0240. The number of aliphatic hydroxyl groups is 1. The Bertz CT molecular complexity index is 801. The van der Waals surface area contributed by atoms with Crippen LogP contribution >= 0.6 is 0 Å². The quantitative estimate of drug-likeness (QED) is 0.799. The van der Waals surface area contributed by atoms with Crippen molar-refractivity contribution in [3.05, 3.63) is 48.3 Å². The molecule has 1 fully saturated rings. The highest BCUT2D eigenvalue weighted by molar-refractivity contribution is 5.68. The number of carbonyl (C=O) groups excluding carboxylic acids is 1. The third kappa shape index (κ3) is 6.05. The Morgan fingerprint density at radius 3 is 2.52 bits per heavy atom. The van der Waals surface area contributed by atoms with Crippen LogP contribution in [0.1, 0.15) is 32.4 Å². The molecule has 0 bridgehead atoms. The zero-order chi connectivity index (χ0) is 20.9. The SMILES string of the molecule is CC(C)(C)OC(=O)N1CCN(c2cc(NCC(O)c3ccccc3)ncn2)CC1. The Kier molecular flexibility index (Phi) is 6.53. The van der Waals surface area contributed by atoms with Crippen molar-refractivity contribution in [2.45, 2.75) is 32.5 Å². The van der Waals surface area contributed by atoms with Gasteiger partial charge in [-0.25, -0.2) is 14.8 Å². The second-order valence-corrected chi connectivity index (χ2v) is 8.02. The number of nitrogens with zero attached hydrogens (tertiary/aromatic N) is 4. The van der Waals surface area contributed by atoms with Crippen molar-refractivity contribution < 1.29 is 14.6 Å². The van der Waals surface area contributed by atoms with E-state index in [0.29, 0.717) is 38.5 Å². The van der Waals surface area contributed by atoms with Crippen LogP contribution < -0.4 is 10.2 Å². The van der Waals surface area contributed by atoms with E-state index in [2.05, 4.69) is 20.2 Å². The maximum atomic E-state index is 12.2. The first-order chi connectivity index (χ1) is 13.8. The molecule has 1 aromatic carbocycles. The molecule has 1 aromatic heterocycles. The van der Waals surface area contributed by atoms with Crippen LogP contribution in [-0.2, 0) is 4.74 Å². The Labute approximate surface area is 171 Å². The molecule has 1 atom stereocenters. The van der Waals surface area contributed by atoms with E-state index < -0.39 is 11.7 Å². The molecule has 2 aromatic rings. The molecule has 8 heteroatoms. The van der Waals surface area contributed by atoms with Crippen molar-refractivity contribution in [1.82, 2.24) is 14.9 Å².